The fraction of sp³-hybridized carbons (Fsp3) is 0.900. The first-order valence-electron chi connectivity index (χ1n) is 4.96. The van der Waals surface area contributed by atoms with Crippen molar-refractivity contribution >= 4 is 5.91 Å². The summed E-state index contributed by atoms with van der Waals surface area (Å²) in [4.78, 5) is 13.6. The summed E-state index contributed by atoms with van der Waals surface area (Å²) in [5.41, 5.74) is 0.206. The smallest absolute Gasteiger partial charge is 0.223 e. The van der Waals surface area contributed by atoms with Crippen molar-refractivity contribution < 1.29 is 9.53 Å². The summed E-state index contributed by atoms with van der Waals surface area (Å²) in [6.07, 6.45) is 2.15. The van der Waals surface area contributed by atoms with E-state index < -0.39 is 0 Å². The molecule has 2 rings (SSSR count). The van der Waals surface area contributed by atoms with Crippen molar-refractivity contribution in [2.75, 3.05) is 19.7 Å². The Hall–Kier alpha value is -0.570. The summed E-state index contributed by atoms with van der Waals surface area (Å²) >= 11 is 0. The van der Waals surface area contributed by atoms with Gasteiger partial charge in [0.15, 0.2) is 0 Å². The molecule has 0 spiro atoms. The van der Waals surface area contributed by atoms with Crippen LogP contribution in [0.1, 0.15) is 26.7 Å². The van der Waals surface area contributed by atoms with Crippen molar-refractivity contribution in [2.45, 2.75) is 32.8 Å². The van der Waals surface area contributed by atoms with E-state index in [1.165, 1.54) is 0 Å². The van der Waals surface area contributed by atoms with Gasteiger partial charge in [-0.3, -0.25) is 4.79 Å². The lowest BCUT2D eigenvalue weighted by molar-refractivity contribution is -0.137. The molecule has 0 unspecified atom stereocenters. The summed E-state index contributed by atoms with van der Waals surface area (Å²) in [5, 5.41) is 0. The first-order valence-corrected chi connectivity index (χ1v) is 4.96. The van der Waals surface area contributed by atoms with Crippen molar-refractivity contribution in [1.29, 1.82) is 0 Å². The third kappa shape index (κ3) is 2.21. The van der Waals surface area contributed by atoms with E-state index in [0.29, 0.717) is 18.4 Å². The van der Waals surface area contributed by atoms with Crippen LogP contribution in [-0.2, 0) is 9.53 Å². The highest BCUT2D eigenvalue weighted by molar-refractivity contribution is 5.77. The molecule has 3 heteroatoms. The van der Waals surface area contributed by atoms with Gasteiger partial charge in [0, 0.05) is 19.5 Å². The molecule has 1 amide bonds. The van der Waals surface area contributed by atoms with Gasteiger partial charge in [-0.1, -0.05) is 13.8 Å². The molecule has 0 bridgehead atoms. The zero-order chi connectivity index (χ0) is 9.47. The molecule has 2 aliphatic rings. The van der Waals surface area contributed by atoms with Crippen molar-refractivity contribution in [2.24, 2.45) is 5.41 Å². The Morgan fingerprint density at radius 3 is 2.85 bits per heavy atom. The molecule has 0 aromatic rings. The number of ether oxygens (including phenoxy) is 1. The van der Waals surface area contributed by atoms with Gasteiger partial charge in [-0.05, 0) is 11.8 Å². The number of piperidine rings is 1. The minimum Gasteiger partial charge on any atom is -0.371 e. The molecule has 2 aliphatic heterocycles. The maximum absolute atomic E-state index is 11.6. The second-order valence-electron chi connectivity index (χ2n) is 4.89. The fourth-order valence-electron chi connectivity index (χ4n) is 1.78. The second-order valence-corrected chi connectivity index (χ2v) is 4.89. The predicted octanol–water partition coefficient (Wildman–Crippen LogP) is 1.03. The Morgan fingerprint density at radius 1 is 1.62 bits per heavy atom. The molecule has 13 heavy (non-hydrogen) atoms. The lowest BCUT2D eigenvalue weighted by atomic mass is 9.82. The lowest BCUT2D eigenvalue weighted by Crippen LogP contribution is -2.43. The highest BCUT2D eigenvalue weighted by Crippen LogP contribution is 2.31. The number of nitrogens with zero attached hydrogens (tertiary/aromatic N) is 1. The van der Waals surface area contributed by atoms with Gasteiger partial charge in [0.2, 0.25) is 5.91 Å². The predicted molar refractivity (Wildman–Crippen MR) is 49.3 cm³/mol. The lowest BCUT2D eigenvalue weighted by Gasteiger charge is -2.36. The Morgan fingerprint density at radius 2 is 2.31 bits per heavy atom. The Kier molecular flexibility index (Phi) is 2.06. The number of amides is 1. The van der Waals surface area contributed by atoms with Gasteiger partial charge in [-0.15, -0.1) is 0 Å². The number of rotatable bonds is 2. The first kappa shape index (κ1) is 9.00. The molecule has 0 aliphatic carbocycles. The number of carbonyl (C=O) groups excluding carboxylic acids is 1. The molecule has 0 aromatic carbocycles. The van der Waals surface area contributed by atoms with Crippen molar-refractivity contribution in [3.63, 3.8) is 0 Å². The SMILES string of the molecule is CC1(C)CCN(C[C@H]2CO2)C(=O)C1. The molecule has 74 valence electrons. The van der Waals surface area contributed by atoms with Crippen LogP contribution in [0.5, 0.6) is 0 Å². The molecule has 2 saturated heterocycles. The van der Waals surface area contributed by atoms with Crippen LogP contribution in [0.4, 0.5) is 0 Å². The third-order valence-electron chi connectivity index (χ3n) is 2.87. The Labute approximate surface area is 79.0 Å². The average molecular weight is 183 g/mol. The molecule has 0 radical (unpaired) electrons. The normalized spacial score (nSPS) is 32.0. The highest BCUT2D eigenvalue weighted by atomic mass is 16.6. The summed E-state index contributed by atoms with van der Waals surface area (Å²) < 4.78 is 5.12. The van der Waals surface area contributed by atoms with Crippen LogP contribution >= 0.6 is 0 Å². The summed E-state index contributed by atoms with van der Waals surface area (Å²) in [6, 6.07) is 0. The van der Waals surface area contributed by atoms with Crippen LogP contribution in [0.25, 0.3) is 0 Å². The Balaban J connectivity index is 1.89. The zero-order valence-corrected chi connectivity index (χ0v) is 8.38. The number of hydrogen-bond acceptors (Lipinski definition) is 2. The summed E-state index contributed by atoms with van der Waals surface area (Å²) in [7, 11) is 0. The second kappa shape index (κ2) is 2.98. The van der Waals surface area contributed by atoms with E-state index in [1.54, 1.807) is 0 Å². The molecule has 1 atom stereocenters. The van der Waals surface area contributed by atoms with Crippen LogP contribution in [0, 0.1) is 5.41 Å². The average Bonchev–Trinajstić information content (AvgIpc) is 2.77. The molecule has 3 nitrogen and oxygen atoms in total. The summed E-state index contributed by atoms with van der Waals surface area (Å²) in [5.74, 6) is 0.298. The minimum absolute atomic E-state index is 0.206. The number of epoxide rings is 1. The van der Waals surface area contributed by atoms with Crippen LogP contribution in [-0.4, -0.2) is 36.6 Å². The third-order valence-corrected chi connectivity index (χ3v) is 2.87. The van der Waals surface area contributed by atoms with Crippen LogP contribution in [0.15, 0.2) is 0 Å². The van der Waals surface area contributed by atoms with Crippen LogP contribution < -0.4 is 0 Å². The topological polar surface area (TPSA) is 32.8 Å². The van der Waals surface area contributed by atoms with Gasteiger partial charge >= 0.3 is 0 Å². The molecular weight excluding hydrogens is 166 g/mol. The number of likely N-dealkylation sites (tertiary alicyclic amines) is 1. The monoisotopic (exact) mass is 183 g/mol. The van der Waals surface area contributed by atoms with Gasteiger partial charge in [-0.2, -0.15) is 0 Å². The van der Waals surface area contributed by atoms with E-state index >= 15 is 0 Å². The minimum atomic E-state index is 0.206. The van der Waals surface area contributed by atoms with E-state index in [4.69, 9.17) is 4.74 Å². The van der Waals surface area contributed by atoms with Crippen LogP contribution in [0.3, 0.4) is 0 Å². The highest BCUT2D eigenvalue weighted by Gasteiger charge is 2.34. The van der Waals surface area contributed by atoms with Crippen LogP contribution in [0.2, 0.25) is 0 Å². The van der Waals surface area contributed by atoms with Crippen molar-refractivity contribution in [3.05, 3.63) is 0 Å². The van der Waals surface area contributed by atoms with E-state index in [2.05, 4.69) is 13.8 Å². The van der Waals surface area contributed by atoms with E-state index in [-0.39, 0.29) is 5.41 Å². The number of hydrogen-bond donors (Lipinski definition) is 0. The fourth-order valence-corrected chi connectivity index (χ4v) is 1.78. The maximum atomic E-state index is 11.6. The van der Waals surface area contributed by atoms with Crippen molar-refractivity contribution in [1.82, 2.24) is 4.90 Å². The van der Waals surface area contributed by atoms with E-state index in [0.717, 1.165) is 26.1 Å². The van der Waals surface area contributed by atoms with E-state index in [1.807, 2.05) is 4.90 Å². The Bertz CT molecular complexity index is 221. The van der Waals surface area contributed by atoms with Gasteiger partial charge < -0.3 is 9.64 Å². The maximum Gasteiger partial charge on any atom is 0.223 e. The summed E-state index contributed by atoms with van der Waals surface area (Å²) in [6.45, 7) is 6.89. The standard InChI is InChI=1S/C10H17NO2/c1-10(2)3-4-11(9(12)5-10)6-8-7-13-8/h8H,3-7H2,1-2H3/t8-/m0/s1. The molecule has 0 N–H and O–H groups in total. The van der Waals surface area contributed by atoms with Crippen molar-refractivity contribution in [3.8, 4) is 0 Å². The van der Waals surface area contributed by atoms with E-state index in [9.17, 15) is 4.79 Å². The van der Waals surface area contributed by atoms with Gasteiger partial charge in [0.05, 0.1) is 12.7 Å². The molecule has 0 aromatic heterocycles. The molecule has 0 saturated carbocycles. The molecule has 2 fully saturated rings. The van der Waals surface area contributed by atoms with Gasteiger partial charge in [0.1, 0.15) is 0 Å². The first-order chi connectivity index (χ1) is 6.07. The molecule has 2 heterocycles. The van der Waals surface area contributed by atoms with Gasteiger partial charge in [0.25, 0.3) is 0 Å². The molecular formula is C10H17NO2. The quantitative estimate of drug-likeness (QED) is 0.599. The largest absolute Gasteiger partial charge is 0.371 e. The van der Waals surface area contributed by atoms with Gasteiger partial charge in [-0.25, -0.2) is 0 Å². The zero-order valence-electron chi connectivity index (χ0n) is 8.38. The number of carbonyl (C=O) groups is 1.